The molecule has 1 heterocycles. The molecule has 6 heteroatoms. The zero-order chi connectivity index (χ0) is 15.5. The number of carboxylic acid groups (broad SMARTS) is 1. The molecule has 0 aliphatic heterocycles. The summed E-state index contributed by atoms with van der Waals surface area (Å²) in [6.45, 7) is 0. The summed E-state index contributed by atoms with van der Waals surface area (Å²) in [7, 11) is 0. The van der Waals surface area contributed by atoms with Crippen LogP contribution in [-0.4, -0.2) is 28.2 Å². The Morgan fingerprint density at radius 2 is 2.05 bits per heavy atom. The normalized spacial score (nSPS) is 15.3. The highest BCUT2D eigenvalue weighted by Crippen LogP contribution is 2.40. The van der Waals surface area contributed by atoms with Crippen molar-refractivity contribution in [3.05, 3.63) is 53.4 Å². The molecular weight excluding hydrogens is 284 g/mol. The van der Waals surface area contributed by atoms with Gasteiger partial charge in [-0.25, -0.2) is 4.79 Å². The molecule has 1 atom stereocenters. The van der Waals surface area contributed by atoms with Crippen LogP contribution < -0.4 is 5.32 Å². The highest BCUT2D eigenvalue weighted by atomic mass is 16.5. The number of hydrogen-bond donors (Lipinski definition) is 2. The van der Waals surface area contributed by atoms with E-state index in [0.717, 1.165) is 18.4 Å². The van der Waals surface area contributed by atoms with E-state index in [9.17, 15) is 14.7 Å². The molecule has 0 spiro atoms. The topological polar surface area (TPSA) is 92.4 Å². The smallest absolute Gasteiger partial charge is 0.326 e. The van der Waals surface area contributed by atoms with Crippen LogP contribution in [-0.2, 0) is 11.2 Å². The molecule has 0 saturated heterocycles. The maximum absolute atomic E-state index is 12.1. The van der Waals surface area contributed by atoms with Gasteiger partial charge in [0.2, 0.25) is 0 Å². The average molecular weight is 300 g/mol. The first kappa shape index (κ1) is 14.3. The summed E-state index contributed by atoms with van der Waals surface area (Å²) in [4.78, 5) is 23.4. The molecule has 1 aliphatic rings. The zero-order valence-electron chi connectivity index (χ0n) is 11.9. The van der Waals surface area contributed by atoms with Crippen LogP contribution in [0.2, 0.25) is 0 Å². The number of carboxylic acids is 1. The van der Waals surface area contributed by atoms with Crippen molar-refractivity contribution in [2.45, 2.75) is 31.2 Å². The lowest BCUT2D eigenvalue weighted by Crippen LogP contribution is -2.42. The Balaban J connectivity index is 1.67. The first-order valence-electron chi connectivity index (χ1n) is 7.17. The molecule has 6 nitrogen and oxygen atoms in total. The molecule has 2 aromatic rings. The van der Waals surface area contributed by atoms with Gasteiger partial charge in [0.25, 0.3) is 5.91 Å². The Labute approximate surface area is 127 Å². The second-order valence-corrected chi connectivity index (χ2v) is 5.44. The van der Waals surface area contributed by atoms with Gasteiger partial charge in [-0.15, -0.1) is 0 Å². The largest absolute Gasteiger partial charge is 0.480 e. The van der Waals surface area contributed by atoms with Gasteiger partial charge in [-0.2, -0.15) is 0 Å². The minimum atomic E-state index is -1.08. The number of aromatic nitrogens is 1. The van der Waals surface area contributed by atoms with Crippen LogP contribution >= 0.6 is 0 Å². The highest BCUT2D eigenvalue weighted by Gasteiger charge is 2.29. The first-order chi connectivity index (χ1) is 10.6. The van der Waals surface area contributed by atoms with Crippen LogP contribution in [0, 0.1) is 0 Å². The third-order valence-corrected chi connectivity index (χ3v) is 3.63. The summed E-state index contributed by atoms with van der Waals surface area (Å²) < 4.78 is 5.11. The first-order valence-corrected chi connectivity index (χ1v) is 7.17. The predicted molar refractivity (Wildman–Crippen MR) is 77.5 cm³/mol. The Kier molecular flexibility index (Phi) is 3.91. The fraction of sp³-hybridized carbons (Fsp3) is 0.312. The lowest BCUT2D eigenvalue weighted by atomic mass is 10.1. The van der Waals surface area contributed by atoms with Crippen LogP contribution in [0.4, 0.5) is 0 Å². The summed E-state index contributed by atoms with van der Waals surface area (Å²) in [5.41, 5.74) is 0.968. The van der Waals surface area contributed by atoms with E-state index in [4.69, 9.17) is 4.52 Å². The molecule has 1 saturated carbocycles. The second-order valence-electron chi connectivity index (χ2n) is 5.44. The Morgan fingerprint density at radius 1 is 1.32 bits per heavy atom. The SMILES string of the molecule is O=C(N[C@H](Cc1ccccc1)C(=O)O)c1cc(C2CC2)on1. The van der Waals surface area contributed by atoms with E-state index in [-0.39, 0.29) is 12.1 Å². The molecule has 1 aromatic carbocycles. The number of amides is 1. The number of benzene rings is 1. The summed E-state index contributed by atoms with van der Waals surface area (Å²) in [6.07, 6.45) is 2.30. The lowest BCUT2D eigenvalue weighted by Gasteiger charge is -2.13. The van der Waals surface area contributed by atoms with Gasteiger partial charge in [0.15, 0.2) is 5.69 Å². The van der Waals surface area contributed by atoms with E-state index in [0.29, 0.717) is 11.7 Å². The standard InChI is InChI=1S/C16H16N2O4/c19-15(12-9-14(22-18-12)11-6-7-11)17-13(16(20)21)8-10-4-2-1-3-5-10/h1-5,9,11,13H,6-8H2,(H,17,19)(H,20,21)/t13-/m1/s1. The molecule has 2 N–H and O–H groups in total. The summed E-state index contributed by atoms with van der Waals surface area (Å²) >= 11 is 0. The number of rotatable bonds is 6. The molecule has 0 unspecified atom stereocenters. The molecule has 3 rings (SSSR count). The number of hydrogen-bond acceptors (Lipinski definition) is 4. The maximum Gasteiger partial charge on any atom is 0.326 e. The minimum Gasteiger partial charge on any atom is -0.480 e. The van der Waals surface area contributed by atoms with Crippen molar-refractivity contribution in [3.63, 3.8) is 0 Å². The molecule has 1 aromatic heterocycles. The van der Waals surface area contributed by atoms with Crippen molar-refractivity contribution in [3.8, 4) is 0 Å². The minimum absolute atomic E-state index is 0.126. The van der Waals surface area contributed by atoms with Crippen molar-refractivity contribution in [1.82, 2.24) is 10.5 Å². The van der Waals surface area contributed by atoms with Crippen LogP contribution in [0.15, 0.2) is 40.9 Å². The molecule has 0 radical (unpaired) electrons. The molecule has 22 heavy (non-hydrogen) atoms. The van der Waals surface area contributed by atoms with Gasteiger partial charge in [-0.3, -0.25) is 4.79 Å². The van der Waals surface area contributed by atoms with Gasteiger partial charge in [0.1, 0.15) is 11.8 Å². The molecule has 114 valence electrons. The van der Waals surface area contributed by atoms with Crippen LogP contribution in [0.25, 0.3) is 0 Å². The Bertz CT molecular complexity index is 676. The number of carbonyl (C=O) groups is 2. The van der Waals surface area contributed by atoms with E-state index in [1.54, 1.807) is 6.07 Å². The van der Waals surface area contributed by atoms with Gasteiger partial charge in [-0.05, 0) is 18.4 Å². The van der Waals surface area contributed by atoms with Crippen molar-refractivity contribution >= 4 is 11.9 Å². The van der Waals surface area contributed by atoms with Gasteiger partial charge >= 0.3 is 5.97 Å². The highest BCUT2D eigenvalue weighted by molar-refractivity contribution is 5.95. The summed E-state index contributed by atoms with van der Waals surface area (Å²) in [5, 5.41) is 15.5. The zero-order valence-corrected chi connectivity index (χ0v) is 11.9. The molecule has 1 fully saturated rings. The molecule has 1 aliphatic carbocycles. The van der Waals surface area contributed by atoms with Crippen LogP contribution in [0.3, 0.4) is 0 Å². The predicted octanol–water partition coefficient (Wildman–Crippen LogP) is 1.98. The average Bonchev–Trinajstić information content (AvgIpc) is 3.24. The molecule has 0 bridgehead atoms. The van der Waals surface area contributed by atoms with Crippen LogP contribution in [0.1, 0.15) is 40.6 Å². The van der Waals surface area contributed by atoms with Gasteiger partial charge in [0.05, 0.1) is 0 Å². The van der Waals surface area contributed by atoms with E-state index in [1.165, 1.54) is 0 Å². The molecular formula is C16H16N2O4. The Morgan fingerprint density at radius 3 is 2.68 bits per heavy atom. The van der Waals surface area contributed by atoms with Gasteiger partial charge in [-0.1, -0.05) is 35.5 Å². The van der Waals surface area contributed by atoms with Gasteiger partial charge in [0, 0.05) is 18.4 Å². The number of nitrogens with zero attached hydrogens (tertiary/aromatic N) is 1. The summed E-state index contributed by atoms with van der Waals surface area (Å²) in [6, 6.07) is 9.75. The number of aliphatic carboxylic acids is 1. The maximum atomic E-state index is 12.1. The van der Waals surface area contributed by atoms with Gasteiger partial charge < -0.3 is 14.9 Å². The third kappa shape index (κ3) is 3.33. The van der Waals surface area contributed by atoms with E-state index < -0.39 is 17.9 Å². The van der Waals surface area contributed by atoms with Crippen molar-refractivity contribution in [1.29, 1.82) is 0 Å². The summed E-state index contributed by atoms with van der Waals surface area (Å²) in [5.74, 6) is -0.559. The monoisotopic (exact) mass is 300 g/mol. The van der Waals surface area contributed by atoms with Crippen molar-refractivity contribution < 1.29 is 19.2 Å². The fourth-order valence-electron chi connectivity index (χ4n) is 2.24. The van der Waals surface area contributed by atoms with E-state index in [1.807, 2.05) is 30.3 Å². The third-order valence-electron chi connectivity index (χ3n) is 3.63. The van der Waals surface area contributed by atoms with E-state index in [2.05, 4.69) is 10.5 Å². The number of nitrogens with one attached hydrogen (secondary N) is 1. The fourth-order valence-corrected chi connectivity index (χ4v) is 2.24. The number of carbonyl (C=O) groups excluding carboxylic acids is 1. The quantitative estimate of drug-likeness (QED) is 0.851. The second kappa shape index (κ2) is 6.01. The Hall–Kier alpha value is -2.63. The van der Waals surface area contributed by atoms with Crippen molar-refractivity contribution in [2.75, 3.05) is 0 Å². The van der Waals surface area contributed by atoms with Crippen molar-refractivity contribution in [2.24, 2.45) is 0 Å². The molecule has 1 amide bonds. The lowest BCUT2D eigenvalue weighted by molar-refractivity contribution is -0.139. The van der Waals surface area contributed by atoms with Crippen LogP contribution in [0.5, 0.6) is 0 Å². The van der Waals surface area contributed by atoms with E-state index >= 15 is 0 Å².